The van der Waals surface area contributed by atoms with Crippen molar-refractivity contribution in [3.63, 3.8) is 0 Å². The molecule has 10 atom stereocenters. The van der Waals surface area contributed by atoms with Gasteiger partial charge in [-0.2, -0.15) is 8.42 Å². The lowest BCUT2D eigenvalue weighted by Crippen LogP contribution is -2.62. The van der Waals surface area contributed by atoms with Gasteiger partial charge in [0, 0.05) is 12.8 Å². The van der Waals surface area contributed by atoms with Crippen LogP contribution >= 0.6 is 0 Å². The third kappa shape index (κ3) is 4.89. The van der Waals surface area contributed by atoms with E-state index >= 15 is 0 Å². The number of aliphatic hydroxyl groups is 2. The summed E-state index contributed by atoms with van der Waals surface area (Å²) < 4.78 is 59.8. The Hall–Kier alpha value is -0.840. The fourth-order valence-corrected chi connectivity index (χ4v) is 9.37. The number of hydrogen-bond acceptors (Lipinski definition) is 5. The average Bonchev–Trinajstić information content (AvgIpc) is 3.09. The van der Waals surface area contributed by atoms with Crippen molar-refractivity contribution in [3.05, 3.63) is 0 Å². The van der Waals surface area contributed by atoms with E-state index in [9.17, 15) is 32.2 Å². The second kappa shape index (κ2) is 9.17. The van der Waals surface area contributed by atoms with Crippen molar-refractivity contribution >= 4 is 16.0 Å². The Labute approximate surface area is 207 Å². The summed E-state index contributed by atoms with van der Waals surface area (Å²) in [6, 6.07) is 0. The highest BCUT2D eigenvalue weighted by Gasteiger charge is 2.66. The maximum atomic E-state index is 14.7. The van der Waals surface area contributed by atoms with Crippen LogP contribution in [-0.2, 0) is 14.9 Å². The van der Waals surface area contributed by atoms with E-state index in [0.29, 0.717) is 18.8 Å². The van der Waals surface area contributed by atoms with Gasteiger partial charge in [0.25, 0.3) is 16.0 Å². The Bertz CT molecular complexity index is 931. The second-order valence-electron chi connectivity index (χ2n) is 12.6. The summed E-state index contributed by atoms with van der Waals surface area (Å²) >= 11 is 0. The van der Waals surface area contributed by atoms with Gasteiger partial charge in [0.05, 0.1) is 6.10 Å². The molecule has 4 N–H and O–H groups in total. The van der Waals surface area contributed by atoms with Crippen LogP contribution in [0.3, 0.4) is 0 Å². The minimum absolute atomic E-state index is 0.00737. The highest BCUT2D eigenvalue weighted by Crippen LogP contribution is 2.69. The lowest BCUT2D eigenvalue weighted by molar-refractivity contribution is -0.236. The zero-order valence-corrected chi connectivity index (χ0v) is 21.7. The van der Waals surface area contributed by atoms with E-state index in [2.05, 4.69) is 19.2 Å². The molecule has 4 fully saturated rings. The number of carbonyl (C=O) groups is 1. The predicted octanol–water partition coefficient (Wildman–Crippen LogP) is 3.60. The number of aliphatic hydroxyl groups excluding tert-OH is 2. The zero-order valence-electron chi connectivity index (χ0n) is 20.9. The van der Waals surface area contributed by atoms with Gasteiger partial charge in [-0.1, -0.05) is 20.8 Å². The fraction of sp³-hybridized carbons (Fsp3) is 0.960. The van der Waals surface area contributed by atoms with Crippen LogP contribution in [0.5, 0.6) is 0 Å². The van der Waals surface area contributed by atoms with Crippen LogP contribution in [0, 0.1) is 46.3 Å². The minimum Gasteiger partial charge on any atom is -0.393 e. The van der Waals surface area contributed by atoms with E-state index in [1.54, 1.807) is 0 Å². The second-order valence-corrected chi connectivity index (χ2v) is 14.0. The van der Waals surface area contributed by atoms with Gasteiger partial charge in [-0.25, -0.2) is 8.78 Å². The van der Waals surface area contributed by atoms with Crippen molar-refractivity contribution in [1.29, 1.82) is 0 Å². The highest BCUT2D eigenvalue weighted by atomic mass is 32.2. The minimum atomic E-state index is -4.26. The van der Waals surface area contributed by atoms with Crippen molar-refractivity contribution in [1.82, 2.24) is 5.32 Å². The quantitative estimate of drug-likeness (QED) is 0.396. The van der Waals surface area contributed by atoms with Crippen LogP contribution in [0.2, 0.25) is 0 Å². The Kier molecular flexibility index (Phi) is 7.13. The molecule has 4 saturated carbocycles. The molecule has 10 heteroatoms. The summed E-state index contributed by atoms with van der Waals surface area (Å²) in [5.41, 5.74) is -0.644. The molecule has 202 valence electrons. The molecule has 1 amide bonds. The predicted molar refractivity (Wildman–Crippen MR) is 126 cm³/mol. The van der Waals surface area contributed by atoms with Gasteiger partial charge in [0.15, 0.2) is 0 Å². The van der Waals surface area contributed by atoms with Gasteiger partial charge in [-0.15, -0.1) is 0 Å². The van der Waals surface area contributed by atoms with Crippen molar-refractivity contribution in [2.45, 2.75) is 96.7 Å². The Balaban J connectivity index is 1.46. The lowest BCUT2D eigenvalue weighted by atomic mass is 9.43. The molecule has 0 aromatic heterocycles. The van der Waals surface area contributed by atoms with Crippen LogP contribution < -0.4 is 5.32 Å². The van der Waals surface area contributed by atoms with Crippen LogP contribution in [-0.4, -0.2) is 53.1 Å². The SMILES string of the molecule is C[C@H](CCC(=O)NCS(=O)(=O)O)[C@H]1CCC2C3C(O)C[C@@H]4C[C@@H](O)C(F)(F)C[C@]4(C)C3CC[C@@]21C. The summed E-state index contributed by atoms with van der Waals surface area (Å²) in [6.45, 7) is 6.34. The highest BCUT2D eigenvalue weighted by molar-refractivity contribution is 7.85. The van der Waals surface area contributed by atoms with Gasteiger partial charge in [-0.05, 0) is 91.3 Å². The van der Waals surface area contributed by atoms with E-state index in [-0.39, 0.29) is 54.3 Å². The third-order valence-corrected chi connectivity index (χ3v) is 11.2. The molecule has 0 bridgehead atoms. The number of hydrogen-bond donors (Lipinski definition) is 4. The van der Waals surface area contributed by atoms with Crippen LogP contribution in [0.1, 0.15) is 78.6 Å². The first kappa shape index (κ1) is 27.2. The first-order valence-corrected chi connectivity index (χ1v) is 14.7. The summed E-state index contributed by atoms with van der Waals surface area (Å²) in [5, 5.41) is 23.5. The molecule has 4 rings (SSSR count). The molecular weight excluding hydrogens is 480 g/mol. The summed E-state index contributed by atoms with van der Waals surface area (Å²) in [6.07, 6.45) is 2.32. The van der Waals surface area contributed by atoms with Gasteiger partial charge >= 0.3 is 0 Å². The van der Waals surface area contributed by atoms with Crippen molar-refractivity contribution in [3.8, 4) is 0 Å². The largest absolute Gasteiger partial charge is 0.393 e. The number of rotatable bonds is 6. The number of alkyl halides is 2. The molecule has 0 aromatic rings. The molecule has 4 aliphatic carbocycles. The molecule has 4 aliphatic rings. The molecule has 0 aromatic carbocycles. The van der Waals surface area contributed by atoms with Crippen molar-refractivity contribution in [2.24, 2.45) is 46.3 Å². The van der Waals surface area contributed by atoms with E-state index in [4.69, 9.17) is 4.55 Å². The molecule has 4 unspecified atom stereocenters. The molecule has 7 nitrogen and oxygen atoms in total. The Morgan fingerprint density at radius 1 is 1.09 bits per heavy atom. The van der Waals surface area contributed by atoms with Gasteiger partial charge in [-0.3, -0.25) is 9.35 Å². The Morgan fingerprint density at radius 2 is 1.74 bits per heavy atom. The fourth-order valence-electron chi connectivity index (χ4n) is 9.03. The van der Waals surface area contributed by atoms with E-state index in [0.717, 1.165) is 25.7 Å². The Morgan fingerprint density at radius 3 is 2.40 bits per heavy atom. The first-order valence-electron chi connectivity index (χ1n) is 13.0. The number of nitrogens with one attached hydrogen (secondary N) is 1. The molecule has 0 radical (unpaired) electrons. The number of amides is 1. The van der Waals surface area contributed by atoms with Crippen LogP contribution in [0.25, 0.3) is 0 Å². The third-order valence-electron chi connectivity index (χ3n) is 10.7. The molecule has 35 heavy (non-hydrogen) atoms. The number of halogens is 2. The number of carbonyl (C=O) groups excluding carboxylic acids is 1. The van der Waals surface area contributed by atoms with E-state index < -0.39 is 45.4 Å². The van der Waals surface area contributed by atoms with Gasteiger partial charge in [0.1, 0.15) is 12.0 Å². The van der Waals surface area contributed by atoms with Crippen LogP contribution in [0.15, 0.2) is 0 Å². The van der Waals surface area contributed by atoms with Gasteiger partial charge < -0.3 is 15.5 Å². The molecule has 0 aliphatic heterocycles. The lowest BCUT2D eigenvalue weighted by Gasteiger charge is -2.63. The summed E-state index contributed by atoms with van der Waals surface area (Å²) in [4.78, 5) is 12.0. The molecule has 0 saturated heterocycles. The van der Waals surface area contributed by atoms with Crippen molar-refractivity contribution < 1.29 is 36.8 Å². The first-order chi connectivity index (χ1) is 16.1. The monoisotopic (exact) mass is 521 g/mol. The average molecular weight is 522 g/mol. The smallest absolute Gasteiger partial charge is 0.283 e. The topological polar surface area (TPSA) is 124 Å². The van der Waals surface area contributed by atoms with Gasteiger partial charge in [0.2, 0.25) is 5.91 Å². The molecule has 0 spiro atoms. The zero-order chi connectivity index (χ0) is 26.0. The molecular formula is C25H41F2NO6S. The molecule has 0 heterocycles. The standard InChI is InChI=1S/C25H41F2NO6S/c1-14(4-7-21(31)28-13-35(32,33)34)16-5-6-17-22-18(8-9-23(16,17)2)24(3)12-25(26,27)20(30)11-15(24)10-19(22)29/h14-20,22,29-30H,4-13H2,1-3H3,(H,28,31)(H,32,33,34)/t14-,15-,16-,17?,18?,19?,20-,22?,23-,24+/m1/s1. The van der Waals surface area contributed by atoms with E-state index in [1.807, 2.05) is 6.92 Å². The maximum absolute atomic E-state index is 14.7. The summed E-state index contributed by atoms with van der Waals surface area (Å²) in [7, 11) is -4.26. The van der Waals surface area contributed by atoms with E-state index in [1.165, 1.54) is 0 Å². The normalized spacial score (nSPS) is 45.7. The number of fused-ring (bicyclic) bond motifs is 5. The summed E-state index contributed by atoms with van der Waals surface area (Å²) in [5.74, 6) is -3.66. The maximum Gasteiger partial charge on any atom is 0.283 e. The van der Waals surface area contributed by atoms with Crippen molar-refractivity contribution in [2.75, 3.05) is 5.88 Å². The van der Waals surface area contributed by atoms with Crippen LogP contribution in [0.4, 0.5) is 8.78 Å².